The second-order valence-electron chi connectivity index (χ2n) is 5.33. The van der Waals surface area contributed by atoms with Crippen molar-refractivity contribution in [1.29, 1.82) is 0 Å². The molecule has 0 bridgehead atoms. The van der Waals surface area contributed by atoms with Crippen molar-refractivity contribution in [2.75, 3.05) is 13.7 Å². The molecule has 1 saturated heterocycles. The summed E-state index contributed by atoms with van der Waals surface area (Å²) in [6.07, 6.45) is 5.92. The van der Waals surface area contributed by atoms with E-state index in [-0.39, 0.29) is 5.60 Å². The Bertz CT molecular complexity index is 404. The Labute approximate surface area is 103 Å². The van der Waals surface area contributed by atoms with Gasteiger partial charge in [-0.05, 0) is 50.3 Å². The molecular formula is C15H21NO. The van der Waals surface area contributed by atoms with E-state index in [9.17, 15) is 0 Å². The molecule has 17 heavy (non-hydrogen) atoms. The van der Waals surface area contributed by atoms with Gasteiger partial charge in [-0.2, -0.15) is 0 Å². The summed E-state index contributed by atoms with van der Waals surface area (Å²) in [5.74, 6) is 0. The highest BCUT2D eigenvalue weighted by Crippen LogP contribution is 2.44. The number of rotatable bonds is 1. The van der Waals surface area contributed by atoms with E-state index in [0.29, 0.717) is 6.04 Å². The Morgan fingerprint density at radius 1 is 1.35 bits per heavy atom. The number of hydrogen-bond donors (Lipinski definition) is 1. The van der Waals surface area contributed by atoms with Crippen LogP contribution in [0.2, 0.25) is 0 Å². The summed E-state index contributed by atoms with van der Waals surface area (Å²) in [5, 5.41) is 3.43. The van der Waals surface area contributed by atoms with Crippen molar-refractivity contribution >= 4 is 0 Å². The van der Waals surface area contributed by atoms with E-state index >= 15 is 0 Å². The van der Waals surface area contributed by atoms with Crippen LogP contribution in [0.25, 0.3) is 0 Å². The Morgan fingerprint density at radius 3 is 3.12 bits per heavy atom. The quantitative estimate of drug-likeness (QED) is 0.802. The standard InChI is InChI=1S/C15H21NO/c1-16-13-8-10-17-15(11-13)9-4-6-12-5-2-3-7-14(12)15/h2-3,5,7,13,16H,4,6,8-11H2,1H3. The molecule has 0 aromatic heterocycles. The fourth-order valence-corrected chi connectivity index (χ4v) is 3.45. The first-order valence-electron chi connectivity index (χ1n) is 6.74. The van der Waals surface area contributed by atoms with Crippen molar-refractivity contribution in [2.45, 2.75) is 43.7 Å². The highest BCUT2D eigenvalue weighted by Gasteiger charge is 2.41. The van der Waals surface area contributed by atoms with Gasteiger partial charge in [0.05, 0.1) is 5.60 Å². The maximum atomic E-state index is 6.22. The molecule has 1 aliphatic heterocycles. The van der Waals surface area contributed by atoms with Crippen LogP contribution in [0, 0.1) is 0 Å². The van der Waals surface area contributed by atoms with E-state index in [2.05, 4.69) is 36.6 Å². The Kier molecular flexibility index (Phi) is 2.93. The van der Waals surface area contributed by atoms with Crippen LogP contribution in [0.15, 0.2) is 24.3 Å². The fraction of sp³-hybridized carbons (Fsp3) is 0.600. The molecular weight excluding hydrogens is 210 g/mol. The van der Waals surface area contributed by atoms with Crippen LogP contribution in [0.4, 0.5) is 0 Å². The van der Waals surface area contributed by atoms with Crippen LogP contribution in [0.5, 0.6) is 0 Å². The molecule has 1 heterocycles. The highest BCUT2D eigenvalue weighted by atomic mass is 16.5. The summed E-state index contributed by atoms with van der Waals surface area (Å²) in [4.78, 5) is 0. The molecule has 2 atom stereocenters. The maximum Gasteiger partial charge on any atom is 0.0948 e. The lowest BCUT2D eigenvalue weighted by Gasteiger charge is -2.44. The molecule has 3 rings (SSSR count). The van der Waals surface area contributed by atoms with E-state index < -0.39 is 0 Å². The van der Waals surface area contributed by atoms with Gasteiger partial charge >= 0.3 is 0 Å². The molecule has 0 amide bonds. The predicted octanol–water partition coefficient (Wildman–Crippen LogP) is 2.62. The molecule has 92 valence electrons. The average molecular weight is 231 g/mol. The SMILES string of the molecule is CNC1CCOC2(CCCc3ccccc32)C1. The highest BCUT2D eigenvalue weighted by molar-refractivity contribution is 5.35. The number of fused-ring (bicyclic) bond motifs is 2. The van der Waals surface area contributed by atoms with Crippen molar-refractivity contribution in [3.8, 4) is 0 Å². The molecule has 2 heteroatoms. The number of aryl methyl sites for hydroxylation is 1. The van der Waals surface area contributed by atoms with E-state index in [1.807, 2.05) is 0 Å². The molecule has 2 aliphatic rings. The molecule has 1 N–H and O–H groups in total. The summed E-state index contributed by atoms with van der Waals surface area (Å²) in [6, 6.07) is 9.44. The van der Waals surface area contributed by atoms with Gasteiger partial charge in [-0.3, -0.25) is 0 Å². The zero-order valence-corrected chi connectivity index (χ0v) is 10.5. The van der Waals surface area contributed by atoms with E-state index in [4.69, 9.17) is 4.74 Å². The third-order valence-electron chi connectivity index (χ3n) is 4.36. The van der Waals surface area contributed by atoms with Crippen molar-refractivity contribution in [2.24, 2.45) is 0 Å². The number of nitrogens with one attached hydrogen (secondary N) is 1. The molecule has 1 fully saturated rings. The van der Waals surface area contributed by atoms with Gasteiger partial charge in [0.15, 0.2) is 0 Å². The second-order valence-corrected chi connectivity index (χ2v) is 5.33. The fourth-order valence-electron chi connectivity index (χ4n) is 3.45. The van der Waals surface area contributed by atoms with Crippen LogP contribution < -0.4 is 5.32 Å². The average Bonchev–Trinajstić information content (AvgIpc) is 2.40. The van der Waals surface area contributed by atoms with Crippen molar-refractivity contribution < 1.29 is 4.74 Å². The predicted molar refractivity (Wildman–Crippen MR) is 69.1 cm³/mol. The van der Waals surface area contributed by atoms with Gasteiger partial charge < -0.3 is 10.1 Å². The molecule has 1 spiro atoms. The first-order chi connectivity index (χ1) is 8.34. The summed E-state index contributed by atoms with van der Waals surface area (Å²) >= 11 is 0. The van der Waals surface area contributed by atoms with Gasteiger partial charge in [-0.15, -0.1) is 0 Å². The Hall–Kier alpha value is -0.860. The molecule has 2 unspecified atom stereocenters. The van der Waals surface area contributed by atoms with Crippen LogP contribution in [0.1, 0.15) is 36.8 Å². The molecule has 0 saturated carbocycles. The van der Waals surface area contributed by atoms with Gasteiger partial charge in [0.1, 0.15) is 0 Å². The maximum absolute atomic E-state index is 6.22. The van der Waals surface area contributed by atoms with Crippen molar-refractivity contribution in [1.82, 2.24) is 5.32 Å². The molecule has 0 radical (unpaired) electrons. The number of hydrogen-bond acceptors (Lipinski definition) is 2. The third kappa shape index (κ3) is 1.90. The Balaban J connectivity index is 1.97. The van der Waals surface area contributed by atoms with Gasteiger partial charge in [0.2, 0.25) is 0 Å². The van der Waals surface area contributed by atoms with Gasteiger partial charge in [0.25, 0.3) is 0 Å². The lowest BCUT2D eigenvalue weighted by atomic mass is 9.74. The minimum Gasteiger partial charge on any atom is -0.370 e. The van der Waals surface area contributed by atoms with Crippen molar-refractivity contribution in [3.63, 3.8) is 0 Å². The van der Waals surface area contributed by atoms with E-state index in [1.165, 1.54) is 30.4 Å². The summed E-state index contributed by atoms with van der Waals surface area (Å²) in [6.45, 7) is 0.889. The molecule has 1 aromatic rings. The topological polar surface area (TPSA) is 21.3 Å². The summed E-state index contributed by atoms with van der Waals surface area (Å²) in [5.41, 5.74) is 2.95. The van der Waals surface area contributed by atoms with E-state index in [0.717, 1.165) is 19.4 Å². The Morgan fingerprint density at radius 2 is 2.24 bits per heavy atom. The lowest BCUT2D eigenvalue weighted by Crippen LogP contribution is -2.45. The third-order valence-corrected chi connectivity index (χ3v) is 4.36. The van der Waals surface area contributed by atoms with Crippen molar-refractivity contribution in [3.05, 3.63) is 35.4 Å². The molecule has 1 aliphatic carbocycles. The molecule has 2 nitrogen and oxygen atoms in total. The number of benzene rings is 1. The first kappa shape index (κ1) is 11.2. The van der Waals surface area contributed by atoms with Crippen LogP contribution in [-0.4, -0.2) is 19.7 Å². The number of ether oxygens (including phenoxy) is 1. The summed E-state index contributed by atoms with van der Waals surface area (Å²) < 4.78 is 6.22. The largest absolute Gasteiger partial charge is 0.370 e. The lowest BCUT2D eigenvalue weighted by molar-refractivity contribution is -0.104. The van der Waals surface area contributed by atoms with E-state index in [1.54, 1.807) is 0 Å². The minimum atomic E-state index is 0.000764. The monoisotopic (exact) mass is 231 g/mol. The zero-order chi connectivity index (χ0) is 11.7. The van der Waals surface area contributed by atoms with Crippen LogP contribution in [-0.2, 0) is 16.8 Å². The first-order valence-corrected chi connectivity index (χ1v) is 6.74. The zero-order valence-electron chi connectivity index (χ0n) is 10.5. The molecule has 1 aromatic carbocycles. The van der Waals surface area contributed by atoms with Gasteiger partial charge in [-0.1, -0.05) is 24.3 Å². The second kappa shape index (κ2) is 4.43. The minimum absolute atomic E-state index is 0.000764. The smallest absolute Gasteiger partial charge is 0.0948 e. The summed E-state index contributed by atoms with van der Waals surface area (Å²) in [7, 11) is 2.07. The van der Waals surface area contributed by atoms with Gasteiger partial charge in [-0.25, -0.2) is 0 Å². The van der Waals surface area contributed by atoms with Crippen LogP contribution >= 0.6 is 0 Å². The van der Waals surface area contributed by atoms with Crippen LogP contribution in [0.3, 0.4) is 0 Å². The van der Waals surface area contributed by atoms with Gasteiger partial charge in [0, 0.05) is 12.6 Å². The normalized spacial score (nSPS) is 32.4.